The molecule has 0 unspecified atom stereocenters. The van der Waals surface area contributed by atoms with Gasteiger partial charge in [-0.05, 0) is 29.8 Å². The van der Waals surface area contributed by atoms with Gasteiger partial charge in [0.25, 0.3) is 5.91 Å². The highest BCUT2D eigenvalue weighted by Crippen LogP contribution is 2.16. The summed E-state index contributed by atoms with van der Waals surface area (Å²) in [5.74, 6) is -0.191. The van der Waals surface area contributed by atoms with Crippen molar-refractivity contribution in [2.24, 2.45) is 5.73 Å². The van der Waals surface area contributed by atoms with Gasteiger partial charge in [-0.2, -0.15) is 0 Å². The average molecular weight is 241 g/mol. The zero-order valence-corrected chi connectivity index (χ0v) is 9.89. The number of carbonyl (C=O) groups is 1. The van der Waals surface area contributed by atoms with Crippen LogP contribution < -0.4 is 16.8 Å². The fourth-order valence-electron chi connectivity index (χ4n) is 1.69. The summed E-state index contributed by atoms with van der Waals surface area (Å²) in [5.41, 5.74) is 14.0. The van der Waals surface area contributed by atoms with E-state index in [1.54, 1.807) is 24.3 Å². The Balaban J connectivity index is 2.21. The molecule has 4 heteroatoms. The highest BCUT2D eigenvalue weighted by atomic mass is 16.1. The lowest BCUT2D eigenvalue weighted by Crippen LogP contribution is -2.14. The summed E-state index contributed by atoms with van der Waals surface area (Å²) in [6.45, 7) is 0.382. The SMILES string of the molecule is NCc1ccccc1NC(=O)c1cccc(N)c1. The minimum Gasteiger partial charge on any atom is -0.399 e. The number of anilines is 2. The molecule has 0 aliphatic carbocycles. The molecule has 0 spiro atoms. The molecule has 18 heavy (non-hydrogen) atoms. The molecule has 0 radical (unpaired) electrons. The lowest BCUT2D eigenvalue weighted by Gasteiger charge is -2.09. The molecule has 2 rings (SSSR count). The Kier molecular flexibility index (Phi) is 3.60. The molecule has 2 aromatic carbocycles. The fraction of sp³-hybridized carbons (Fsp3) is 0.0714. The first-order chi connectivity index (χ1) is 8.70. The minimum atomic E-state index is -0.191. The van der Waals surface area contributed by atoms with E-state index in [0.29, 0.717) is 17.8 Å². The van der Waals surface area contributed by atoms with E-state index in [1.807, 2.05) is 24.3 Å². The summed E-state index contributed by atoms with van der Waals surface area (Å²) >= 11 is 0. The Hall–Kier alpha value is -2.33. The van der Waals surface area contributed by atoms with E-state index in [-0.39, 0.29) is 5.91 Å². The molecule has 0 bridgehead atoms. The van der Waals surface area contributed by atoms with E-state index >= 15 is 0 Å². The quantitative estimate of drug-likeness (QED) is 0.719. The summed E-state index contributed by atoms with van der Waals surface area (Å²) in [4.78, 5) is 12.0. The lowest BCUT2D eigenvalue weighted by molar-refractivity contribution is 0.102. The Morgan fingerprint density at radius 3 is 2.61 bits per heavy atom. The normalized spacial score (nSPS) is 10.1. The van der Waals surface area contributed by atoms with Crippen LogP contribution in [0.25, 0.3) is 0 Å². The number of hydrogen-bond donors (Lipinski definition) is 3. The number of carbonyl (C=O) groups excluding carboxylic acids is 1. The largest absolute Gasteiger partial charge is 0.399 e. The van der Waals surface area contributed by atoms with Gasteiger partial charge in [-0.1, -0.05) is 24.3 Å². The molecule has 0 fully saturated rings. The van der Waals surface area contributed by atoms with Gasteiger partial charge in [-0.25, -0.2) is 0 Å². The zero-order valence-electron chi connectivity index (χ0n) is 9.89. The van der Waals surface area contributed by atoms with Crippen LogP contribution in [0.5, 0.6) is 0 Å². The first-order valence-corrected chi connectivity index (χ1v) is 5.65. The number of hydrogen-bond acceptors (Lipinski definition) is 3. The van der Waals surface area contributed by atoms with Crippen LogP contribution in [0.3, 0.4) is 0 Å². The molecule has 2 aromatic rings. The van der Waals surface area contributed by atoms with Gasteiger partial charge in [0.2, 0.25) is 0 Å². The van der Waals surface area contributed by atoms with E-state index in [4.69, 9.17) is 11.5 Å². The number of nitrogen functional groups attached to an aromatic ring is 1. The van der Waals surface area contributed by atoms with Gasteiger partial charge in [0.15, 0.2) is 0 Å². The Labute approximate surface area is 106 Å². The Bertz CT molecular complexity index is 566. The highest BCUT2D eigenvalue weighted by Gasteiger charge is 2.08. The third-order valence-corrected chi connectivity index (χ3v) is 2.63. The maximum absolute atomic E-state index is 12.0. The molecule has 0 heterocycles. The number of rotatable bonds is 3. The summed E-state index contributed by atoms with van der Waals surface area (Å²) in [5, 5.41) is 2.83. The van der Waals surface area contributed by atoms with Crippen LogP contribution >= 0.6 is 0 Å². The second-order valence-corrected chi connectivity index (χ2v) is 3.94. The molecule has 0 aromatic heterocycles. The van der Waals surface area contributed by atoms with Gasteiger partial charge in [0.05, 0.1) is 0 Å². The monoisotopic (exact) mass is 241 g/mol. The van der Waals surface area contributed by atoms with E-state index < -0.39 is 0 Å². The minimum absolute atomic E-state index is 0.191. The molecule has 5 N–H and O–H groups in total. The summed E-state index contributed by atoms with van der Waals surface area (Å²) in [7, 11) is 0. The molecule has 1 amide bonds. The first kappa shape index (κ1) is 12.1. The van der Waals surface area contributed by atoms with Crippen molar-refractivity contribution in [1.82, 2.24) is 0 Å². The third kappa shape index (κ3) is 2.67. The van der Waals surface area contributed by atoms with E-state index in [1.165, 1.54) is 0 Å². The van der Waals surface area contributed by atoms with E-state index in [2.05, 4.69) is 5.32 Å². The van der Waals surface area contributed by atoms with Crippen LogP contribution in [-0.4, -0.2) is 5.91 Å². The van der Waals surface area contributed by atoms with Crippen molar-refractivity contribution in [3.8, 4) is 0 Å². The molecule has 0 saturated heterocycles. The van der Waals surface area contributed by atoms with Crippen molar-refractivity contribution in [2.75, 3.05) is 11.1 Å². The number of nitrogens with two attached hydrogens (primary N) is 2. The predicted molar refractivity (Wildman–Crippen MR) is 73.1 cm³/mol. The van der Waals surface area contributed by atoms with Crippen LogP contribution in [0.15, 0.2) is 48.5 Å². The van der Waals surface area contributed by atoms with Crippen molar-refractivity contribution in [1.29, 1.82) is 0 Å². The molecule has 92 valence electrons. The van der Waals surface area contributed by atoms with Crippen LogP contribution in [0.1, 0.15) is 15.9 Å². The second-order valence-electron chi connectivity index (χ2n) is 3.94. The maximum Gasteiger partial charge on any atom is 0.255 e. The molecule has 0 aliphatic rings. The Morgan fingerprint density at radius 1 is 1.11 bits per heavy atom. The maximum atomic E-state index is 12.0. The van der Waals surface area contributed by atoms with Crippen molar-refractivity contribution in [3.63, 3.8) is 0 Å². The lowest BCUT2D eigenvalue weighted by atomic mass is 10.1. The fourth-order valence-corrected chi connectivity index (χ4v) is 1.69. The molecule has 4 nitrogen and oxygen atoms in total. The standard InChI is InChI=1S/C14H15N3O/c15-9-11-4-1-2-7-13(11)17-14(18)10-5-3-6-12(16)8-10/h1-8H,9,15-16H2,(H,17,18). The topological polar surface area (TPSA) is 81.1 Å². The van der Waals surface area contributed by atoms with Gasteiger partial charge in [0, 0.05) is 23.5 Å². The molecular formula is C14H15N3O. The smallest absolute Gasteiger partial charge is 0.255 e. The summed E-state index contributed by atoms with van der Waals surface area (Å²) in [6.07, 6.45) is 0. The molecule has 0 saturated carbocycles. The van der Waals surface area contributed by atoms with Crippen LogP contribution in [0, 0.1) is 0 Å². The second kappa shape index (κ2) is 5.33. The molecule has 0 atom stereocenters. The van der Waals surface area contributed by atoms with Crippen LogP contribution in [0.4, 0.5) is 11.4 Å². The first-order valence-electron chi connectivity index (χ1n) is 5.65. The van der Waals surface area contributed by atoms with Gasteiger partial charge in [-0.3, -0.25) is 4.79 Å². The van der Waals surface area contributed by atoms with Crippen molar-refractivity contribution in [2.45, 2.75) is 6.54 Å². The molecular weight excluding hydrogens is 226 g/mol. The third-order valence-electron chi connectivity index (χ3n) is 2.63. The number of amides is 1. The number of para-hydroxylation sites is 1. The van der Waals surface area contributed by atoms with Gasteiger partial charge < -0.3 is 16.8 Å². The van der Waals surface area contributed by atoms with Crippen LogP contribution in [0.2, 0.25) is 0 Å². The van der Waals surface area contributed by atoms with Gasteiger partial charge >= 0.3 is 0 Å². The predicted octanol–water partition coefficient (Wildman–Crippen LogP) is 1.98. The Morgan fingerprint density at radius 2 is 1.89 bits per heavy atom. The van der Waals surface area contributed by atoms with Crippen molar-refractivity contribution in [3.05, 3.63) is 59.7 Å². The van der Waals surface area contributed by atoms with Gasteiger partial charge in [0.1, 0.15) is 0 Å². The van der Waals surface area contributed by atoms with Crippen LogP contribution in [-0.2, 0) is 6.54 Å². The van der Waals surface area contributed by atoms with Crippen molar-refractivity contribution < 1.29 is 4.79 Å². The summed E-state index contributed by atoms with van der Waals surface area (Å²) < 4.78 is 0. The number of benzene rings is 2. The highest BCUT2D eigenvalue weighted by molar-refractivity contribution is 6.05. The number of nitrogens with one attached hydrogen (secondary N) is 1. The average Bonchev–Trinajstić information content (AvgIpc) is 2.39. The van der Waals surface area contributed by atoms with E-state index in [0.717, 1.165) is 11.3 Å². The van der Waals surface area contributed by atoms with E-state index in [9.17, 15) is 4.79 Å². The van der Waals surface area contributed by atoms with Gasteiger partial charge in [-0.15, -0.1) is 0 Å². The molecule has 0 aliphatic heterocycles. The van der Waals surface area contributed by atoms with Crippen molar-refractivity contribution >= 4 is 17.3 Å². The summed E-state index contributed by atoms with van der Waals surface area (Å²) in [6, 6.07) is 14.3. The zero-order chi connectivity index (χ0) is 13.0.